The second-order valence-electron chi connectivity index (χ2n) is 3.89. The molecule has 0 saturated carbocycles. The molecule has 0 unspecified atom stereocenters. The maximum Gasteiger partial charge on any atom is 0.283 e. The van der Waals surface area contributed by atoms with Crippen LogP contribution in [0.3, 0.4) is 0 Å². The molecule has 10 heteroatoms. The summed E-state index contributed by atoms with van der Waals surface area (Å²) in [7, 11) is 1.44. The van der Waals surface area contributed by atoms with E-state index in [1.165, 1.54) is 18.2 Å². The van der Waals surface area contributed by atoms with Crippen LogP contribution in [0.25, 0.3) is 0 Å². The van der Waals surface area contributed by atoms with Gasteiger partial charge in [-0.15, -0.1) is 11.8 Å². The molecule has 0 spiro atoms. The first-order valence-corrected chi connectivity index (χ1v) is 9.32. The van der Waals surface area contributed by atoms with Crippen LogP contribution in [0.5, 0.6) is 0 Å². The molecule has 116 valence electrons. The van der Waals surface area contributed by atoms with Crippen molar-refractivity contribution in [2.45, 2.75) is 11.8 Å². The number of rotatable bonds is 7. The predicted octanol–water partition coefficient (Wildman–Crippen LogP) is 2.01. The van der Waals surface area contributed by atoms with Crippen molar-refractivity contribution in [2.75, 3.05) is 18.1 Å². The first kappa shape index (κ1) is 17.7. The number of halogens is 1. The van der Waals surface area contributed by atoms with E-state index in [0.717, 1.165) is 11.8 Å². The molecule has 0 aromatic heterocycles. The van der Waals surface area contributed by atoms with Crippen molar-refractivity contribution in [3.63, 3.8) is 0 Å². The Morgan fingerprint density at radius 2 is 2.14 bits per heavy atom. The number of carbonyl (C=O) groups is 1. The van der Waals surface area contributed by atoms with Crippen molar-refractivity contribution >= 4 is 43.1 Å². The molecule has 1 aromatic rings. The highest BCUT2D eigenvalue weighted by atomic mass is 35.7. The highest BCUT2D eigenvalue weighted by Crippen LogP contribution is 2.30. The van der Waals surface area contributed by atoms with Crippen molar-refractivity contribution < 1.29 is 18.1 Å². The molecule has 21 heavy (non-hydrogen) atoms. The van der Waals surface area contributed by atoms with Crippen molar-refractivity contribution in [3.8, 4) is 0 Å². The molecule has 0 aliphatic rings. The zero-order chi connectivity index (χ0) is 16.0. The Morgan fingerprint density at radius 3 is 2.67 bits per heavy atom. The minimum atomic E-state index is -3.64. The number of hydrogen-bond acceptors (Lipinski definition) is 6. The maximum atomic E-state index is 11.6. The van der Waals surface area contributed by atoms with Gasteiger partial charge in [-0.3, -0.25) is 14.9 Å². The number of thioether (sulfide) groups is 1. The van der Waals surface area contributed by atoms with Crippen LogP contribution in [-0.4, -0.2) is 37.3 Å². The van der Waals surface area contributed by atoms with E-state index in [1.807, 2.05) is 0 Å². The summed E-state index contributed by atoms with van der Waals surface area (Å²) in [6.07, 6.45) is 0. The standard InChI is InChI=1S/C11H13ClN2O5S2/c1-2-13-11(15)8-3-4-10(9(7-8)14(16)17)20-5-6-21(12,18)19/h3-4,7H,2,5-6H2,1H3,(H,13,15). The molecule has 1 rings (SSSR count). The summed E-state index contributed by atoms with van der Waals surface area (Å²) >= 11 is 0.999. The fourth-order valence-corrected chi connectivity index (χ4v) is 3.80. The smallest absolute Gasteiger partial charge is 0.283 e. The van der Waals surface area contributed by atoms with Crippen LogP contribution in [0.15, 0.2) is 23.1 Å². The third-order valence-corrected chi connectivity index (χ3v) is 4.82. The highest BCUT2D eigenvalue weighted by Gasteiger charge is 2.18. The van der Waals surface area contributed by atoms with Crippen molar-refractivity contribution in [1.29, 1.82) is 0 Å². The van der Waals surface area contributed by atoms with Crippen molar-refractivity contribution in [1.82, 2.24) is 5.32 Å². The molecule has 0 fully saturated rings. The van der Waals surface area contributed by atoms with Crippen LogP contribution >= 0.6 is 22.4 Å². The molecule has 0 saturated heterocycles. The molecule has 0 aliphatic heterocycles. The average molecular weight is 353 g/mol. The van der Waals surface area contributed by atoms with Crippen LogP contribution < -0.4 is 5.32 Å². The van der Waals surface area contributed by atoms with E-state index in [9.17, 15) is 23.3 Å². The highest BCUT2D eigenvalue weighted by molar-refractivity contribution is 8.14. The molecule has 0 heterocycles. The molecule has 0 atom stereocenters. The topological polar surface area (TPSA) is 106 Å². The number of carbonyl (C=O) groups excluding carboxylic acids is 1. The van der Waals surface area contributed by atoms with Gasteiger partial charge in [0.15, 0.2) is 0 Å². The van der Waals surface area contributed by atoms with Crippen LogP contribution in [0.1, 0.15) is 17.3 Å². The van der Waals surface area contributed by atoms with Gasteiger partial charge in [-0.05, 0) is 19.1 Å². The Labute approximate surface area is 130 Å². The van der Waals surface area contributed by atoms with E-state index in [-0.39, 0.29) is 27.7 Å². The van der Waals surface area contributed by atoms with E-state index < -0.39 is 19.9 Å². The van der Waals surface area contributed by atoms with Gasteiger partial charge in [0.1, 0.15) is 0 Å². The summed E-state index contributed by atoms with van der Waals surface area (Å²) in [6.45, 7) is 2.15. The van der Waals surface area contributed by atoms with E-state index in [1.54, 1.807) is 6.92 Å². The summed E-state index contributed by atoms with van der Waals surface area (Å²) in [5.41, 5.74) is -0.0615. The first-order valence-electron chi connectivity index (χ1n) is 5.86. The second kappa shape index (κ2) is 7.62. The number of benzene rings is 1. The van der Waals surface area contributed by atoms with Crippen molar-refractivity contribution in [2.24, 2.45) is 0 Å². The maximum absolute atomic E-state index is 11.6. The van der Waals surface area contributed by atoms with Gasteiger partial charge in [0.25, 0.3) is 11.6 Å². The molecule has 0 radical (unpaired) electrons. The molecule has 7 nitrogen and oxygen atoms in total. The lowest BCUT2D eigenvalue weighted by Gasteiger charge is -2.05. The van der Waals surface area contributed by atoms with Crippen LogP contribution in [0.2, 0.25) is 0 Å². The molecular weight excluding hydrogens is 340 g/mol. The Kier molecular flexibility index (Phi) is 6.43. The average Bonchev–Trinajstić information content (AvgIpc) is 2.37. The largest absolute Gasteiger partial charge is 0.352 e. The van der Waals surface area contributed by atoms with Gasteiger partial charge >= 0.3 is 0 Å². The molecular formula is C11H13ClN2O5S2. The minimum absolute atomic E-state index is 0.0905. The van der Waals surface area contributed by atoms with Crippen LogP contribution in [0.4, 0.5) is 5.69 Å². The molecule has 0 bridgehead atoms. The Morgan fingerprint density at radius 1 is 1.48 bits per heavy atom. The third-order valence-electron chi connectivity index (χ3n) is 2.34. The molecule has 1 amide bonds. The first-order chi connectivity index (χ1) is 9.74. The van der Waals surface area contributed by atoms with E-state index in [0.29, 0.717) is 6.54 Å². The minimum Gasteiger partial charge on any atom is -0.352 e. The van der Waals surface area contributed by atoms with Crippen molar-refractivity contribution in [3.05, 3.63) is 33.9 Å². The van der Waals surface area contributed by atoms with Gasteiger partial charge in [0, 0.05) is 34.6 Å². The number of amides is 1. The third kappa shape index (κ3) is 5.90. The number of hydrogen-bond donors (Lipinski definition) is 1. The number of nitrogens with zero attached hydrogens (tertiary/aromatic N) is 1. The summed E-state index contributed by atoms with van der Waals surface area (Å²) < 4.78 is 21.6. The van der Waals surface area contributed by atoms with Crippen LogP contribution in [0, 0.1) is 10.1 Å². The monoisotopic (exact) mass is 352 g/mol. The second-order valence-corrected chi connectivity index (χ2v) is 7.92. The van der Waals surface area contributed by atoms with Gasteiger partial charge in [-0.25, -0.2) is 8.42 Å². The normalized spacial score (nSPS) is 11.1. The number of nitro benzene ring substituents is 1. The van der Waals surface area contributed by atoms with E-state index in [4.69, 9.17) is 10.7 Å². The fraction of sp³-hybridized carbons (Fsp3) is 0.364. The zero-order valence-corrected chi connectivity index (χ0v) is 13.4. The summed E-state index contributed by atoms with van der Waals surface area (Å²) in [5.74, 6) is -0.609. The number of nitrogens with one attached hydrogen (secondary N) is 1. The summed E-state index contributed by atoms with van der Waals surface area (Å²) in [6, 6.07) is 4.05. The lowest BCUT2D eigenvalue weighted by atomic mass is 10.2. The zero-order valence-electron chi connectivity index (χ0n) is 11.0. The summed E-state index contributed by atoms with van der Waals surface area (Å²) in [5, 5.41) is 13.6. The Balaban J connectivity index is 2.94. The van der Waals surface area contributed by atoms with Gasteiger partial charge in [-0.1, -0.05) is 0 Å². The Hall–Kier alpha value is -1.32. The predicted molar refractivity (Wildman–Crippen MR) is 81.5 cm³/mol. The lowest BCUT2D eigenvalue weighted by molar-refractivity contribution is -0.387. The lowest BCUT2D eigenvalue weighted by Crippen LogP contribution is -2.22. The fourth-order valence-electron chi connectivity index (χ4n) is 1.44. The Bertz CT molecular complexity index is 648. The number of nitro groups is 1. The van der Waals surface area contributed by atoms with Gasteiger partial charge < -0.3 is 5.32 Å². The van der Waals surface area contributed by atoms with Gasteiger partial charge in [0.2, 0.25) is 9.05 Å². The quantitative estimate of drug-likeness (QED) is 0.348. The van der Waals surface area contributed by atoms with E-state index >= 15 is 0 Å². The van der Waals surface area contributed by atoms with Crippen LogP contribution in [-0.2, 0) is 9.05 Å². The van der Waals surface area contributed by atoms with Gasteiger partial charge in [0.05, 0.1) is 15.6 Å². The van der Waals surface area contributed by atoms with Gasteiger partial charge in [-0.2, -0.15) is 0 Å². The summed E-state index contributed by atoms with van der Waals surface area (Å²) in [4.78, 5) is 22.3. The SMILES string of the molecule is CCNC(=O)c1ccc(SCCS(=O)(=O)Cl)c([N+](=O)[O-])c1. The van der Waals surface area contributed by atoms with E-state index in [2.05, 4.69) is 5.32 Å². The molecule has 0 aliphatic carbocycles. The molecule has 1 N–H and O–H groups in total. The molecule has 1 aromatic carbocycles.